The molecule has 0 heterocycles. The van der Waals surface area contributed by atoms with Crippen molar-refractivity contribution in [3.05, 3.63) is 69.2 Å². The maximum atomic E-state index is 6.06. The first-order valence-electron chi connectivity index (χ1n) is 8.22. The lowest BCUT2D eigenvalue weighted by atomic mass is 10.0. The van der Waals surface area contributed by atoms with Crippen molar-refractivity contribution in [3.8, 4) is 0 Å². The van der Waals surface area contributed by atoms with Crippen LogP contribution in [0.15, 0.2) is 42.5 Å². The van der Waals surface area contributed by atoms with Crippen LogP contribution in [0.25, 0.3) is 0 Å². The molecule has 0 aliphatic heterocycles. The Kier molecular flexibility index (Phi) is 6.95. The maximum Gasteiger partial charge on any atom is 0.0595 e. The Morgan fingerprint density at radius 2 is 1.52 bits per heavy atom. The largest absolute Gasteiger partial charge is 0.310 e. The van der Waals surface area contributed by atoms with Gasteiger partial charge >= 0.3 is 0 Å². The van der Waals surface area contributed by atoms with Gasteiger partial charge in [0.25, 0.3) is 0 Å². The predicted molar refractivity (Wildman–Crippen MR) is 102 cm³/mol. The van der Waals surface area contributed by atoms with E-state index in [9.17, 15) is 0 Å². The summed E-state index contributed by atoms with van der Waals surface area (Å²) in [6.07, 6.45) is 2.07. The van der Waals surface area contributed by atoms with Crippen LogP contribution in [0.1, 0.15) is 49.8 Å². The van der Waals surface area contributed by atoms with E-state index in [2.05, 4.69) is 50.4 Å². The molecule has 0 aliphatic rings. The first-order chi connectivity index (χ1) is 11.0. The zero-order valence-corrected chi connectivity index (χ0v) is 15.6. The molecule has 1 nitrogen and oxygen atoms in total. The monoisotopic (exact) mass is 349 g/mol. The SMILES string of the molecule is CC(CCc1ccc(Cl)c(Cl)c1)NCc1ccc(C(C)C)cc1. The normalized spacial score (nSPS) is 12.6. The summed E-state index contributed by atoms with van der Waals surface area (Å²) in [5.74, 6) is 0.585. The standard InChI is InChI=1S/C20H25Cl2N/c1-14(2)18-9-6-17(7-10-18)13-23-15(3)4-5-16-8-11-19(21)20(22)12-16/h6-12,14-15,23H,4-5,13H2,1-3H3. The lowest BCUT2D eigenvalue weighted by Gasteiger charge is -2.15. The molecule has 1 atom stereocenters. The van der Waals surface area contributed by atoms with Gasteiger partial charge < -0.3 is 5.32 Å². The highest BCUT2D eigenvalue weighted by Gasteiger charge is 2.05. The van der Waals surface area contributed by atoms with Crippen LogP contribution in [-0.2, 0) is 13.0 Å². The Bertz CT molecular complexity index is 620. The van der Waals surface area contributed by atoms with E-state index in [-0.39, 0.29) is 0 Å². The van der Waals surface area contributed by atoms with Crippen molar-refractivity contribution in [2.24, 2.45) is 0 Å². The van der Waals surface area contributed by atoms with E-state index in [0.717, 1.165) is 19.4 Å². The second kappa shape index (κ2) is 8.73. The number of aryl methyl sites for hydroxylation is 1. The molecule has 2 rings (SSSR count). The minimum Gasteiger partial charge on any atom is -0.310 e. The zero-order valence-electron chi connectivity index (χ0n) is 14.1. The minimum atomic E-state index is 0.453. The molecule has 0 aliphatic carbocycles. The molecule has 1 unspecified atom stereocenters. The third kappa shape index (κ3) is 5.84. The topological polar surface area (TPSA) is 12.0 Å². The van der Waals surface area contributed by atoms with E-state index in [1.807, 2.05) is 18.2 Å². The van der Waals surface area contributed by atoms with Crippen molar-refractivity contribution in [1.29, 1.82) is 0 Å². The van der Waals surface area contributed by atoms with Gasteiger partial charge in [-0.2, -0.15) is 0 Å². The lowest BCUT2D eigenvalue weighted by Crippen LogP contribution is -2.25. The average molecular weight is 350 g/mol. The number of hydrogen-bond donors (Lipinski definition) is 1. The number of halogens is 2. The molecule has 0 fully saturated rings. The Balaban J connectivity index is 1.78. The molecule has 0 spiro atoms. The summed E-state index contributed by atoms with van der Waals surface area (Å²) in [5.41, 5.74) is 3.95. The smallest absolute Gasteiger partial charge is 0.0595 e. The number of nitrogens with one attached hydrogen (secondary N) is 1. The second-order valence-electron chi connectivity index (χ2n) is 6.47. The molecule has 0 amide bonds. The molecular formula is C20H25Cl2N. The fraction of sp³-hybridized carbons (Fsp3) is 0.400. The molecule has 0 saturated carbocycles. The first-order valence-corrected chi connectivity index (χ1v) is 8.97. The summed E-state index contributed by atoms with van der Waals surface area (Å²) in [6.45, 7) is 7.57. The van der Waals surface area contributed by atoms with E-state index in [1.165, 1.54) is 16.7 Å². The zero-order chi connectivity index (χ0) is 16.8. The molecule has 2 aromatic rings. The quantitative estimate of drug-likeness (QED) is 0.624. The Labute approximate surface area is 150 Å². The van der Waals surface area contributed by atoms with Gasteiger partial charge in [-0.25, -0.2) is 0 Å². The van der Waals surface area contributed by atoms with Gasteiger partial charge in [0.05, 0.1) is 10.0 Å². The summed E-state index contributed by atoms with van der Waals surface area (Å²) in [7, 11) is 0. The van der Waals surface area contributed by atoms with Crippen LogP contribution >= 0.6 is 23.2 Å². The average Bonchev–Trinajstić information content (AvgIpc) is 2.54. The fourth-order valence-corrected chi connectivity index (χ4v) is 2.81. The van der Waals surface area contributed by atoms with Gasteiger partial charge in [-0.1, -0.05) is 67.4 Å². The van der Waals surface area contributed by atoms with Crippen LogP contribution in [0.5, 0.6) is 0 Å². The van der Waals surface area contributed by atoms with Crippen molar-refractivity contribution < 1.29 is 0 Å². The van der Waals surface area contributed by atoms with E-state index in [0.29, 0.717) is 22.0 Å². The van der Waals surface area contributed by atoms with Crippen molar-refractivity contribution in [3.63, 3.8) is 0 Å². The lowest BCUT2D eigenvalue weighted by molar-refractivity contribution is 0.514. The molecule has 1 N–H and O–H groups in total. The van der Waals surface area contributed by atoms with E-state index >= 15 is 0 Å². The maximum absolute atomic E-state index is 6.06. The Hall–Kier alpha value is -1.02. The molecule has 124 valence electrons. The summed E-state index contributed by atoms with van der Waals surface area (Å²) in [5, 5.41) is 4.84. The second-order valence-corrected chi connectivity index (χ2v) is 7.28. The van der Waals surface area contributed by atoms with Gasteiger partial charge in [0.1, 0.15) is 0 Å². The van der Waals surface area contributed by atoms with Crippen molar-refractivity contribution in [1.82, 2.24) is 5.32 Å². The summed E-state index contributed by atoms with van der Waals surface area (Å²) in [6, 6.07) is 15.2. The van der Waals surface area contributed by atoms with E-state index in [4.69, 9.17) is 23.2 Å². The molecule has 0 bridgehead atoms. The predicted octanol–water partition coefficient (Wildman–Crippen LogP) is 6.23. The molecule has 0 radical (unpaired) electrons. The third-order valence-electron chi connectivity index (χ3n) is 4.15. The summed E-state index contributed by atoms with van der Waals surface area (Å²) >= 11 is 12.0. The van der Waals surface area contributed by atoms with E-state index < -0.39 is 0 Å². The molecular weight excluding hydrogens is 325 g/mol. The summed E-state index contributed by atoms with van der Waals surface area (Å²) < 4.78 is 0. The molecule has 23 heavy (non-hydrogen) atoms. The van der Waals surface area contributed by atoms with Crippen molar-refractivity contribution in [2.75, 3.05) is 0 Å². The molecule has 0 aromatic heterocycles. The highest BCUT2D eigenvalue weighted by molar-refractivity contribution is 6.42. The van der Waals surface area contributed by atoms with Crippen LogP contribution in [0.2, 0.25) is 10.0 Å². The molecule has 2 aromatic carbocycles. The van der Waals surface area contributed by atoms with Crippen molar-refractivity contribution in [2.45, 2.75) is 52.1 Å². The highest BCUT2D eigenvalue weighted by Crippen LogP contribution is 2.23. The van der Waals surface area contributed by atoms with E-state index in [1.54, 1.807) is 0 Å². The van der Waals surface area contributed by atoms with Gasteiger partial charge in [0.2, 0.25) is 0 Å². The minimum absolute atomic E-state index is 0.453. The number of rotatable bonds is 7. The van der Waals surface area contributed by atoms with Crippen LogP contribution < -0.4 is 5.32 Å². The van der Waals surface area contributed by atoms with Crippen LogP contribution in [0.3, 0.4) is 0 Å². The van der Waals surface area contributed by atoms with Crippen LogP contribution in [0, 0.1) is 0 Å². The van der Waals surface area contributed by atoms with Gasteiger partial charge in [-0.15, -0.1) is 0 Å². The Morgan fingerprint density at radius 3 is 2.13 bits per heavy atom. The van der Waals surface area contributed by atoms with Crippen molar-refractivity contribution >= 4 is 23.2 Å². The third-order valence-corrected chi connectivity index (χ3v) is 4.89. The first kappa shape index (κ1) is 18.3. The van der Waals surface area contributed by atoms with Gasteiger partial charge in [-0.3, -0.25) is 0 Å². The molecule has 3 heteroatoms. The fourth-order valence-electron chi connectivity index (χ4n) is 2.49. The summed E-state index contributed by atoms with van der Waals surface area (Å²) in [4.78, 5) is 0. The molecule has 0 saturated heterocycles. The number of hydrogen-bond acceptors (Lipinski definition) is 1. The van der Waals surface area contributed by atoms with Gasteiger partial charge in [0, 0.05) is 12.6 Å². The number of benzene rings is 2. The van der Waals surface area contributed by atoms with Gasteiger partial charge in [0.15, 0.2) is 0 Å². The van der Waals surface area contributed by atoms with Gasteiger partial charge in [-0.05, 0) is 54.5 Å². The van der Waals surface area contributed by atoms with Crippen LogP contribution in [-0.4, -0.2) is 6.04 Å². The highest BCUT2D eigenvalue weighted by atomic mass is 35.5. The Morgan fingerprint density at radius 1 is 0.870 bits per heavy atom. The van der Waals surface area contributed by atoms with Crippen LogP contribution in [0.4, 0.5) is 0 Å².